The van der Waals surface area contributed by atoms with Crippen LogP contribution in [0.3, 0.4) is 0 Å². The number of rotatable bonds is 14. The first-order valence-corrected chi connectivity index (χ1v) is 12.8. The van der Waals surface area contributed by atoms with Crippen molar-refractivity contribution in [2.75, 3.05) is 39.1 Å². The van der Waals surface area contributed by atoms with Crippen LogP contribution in [-0.4, -0.2) is 89.4 Å². The lowest BCUT2D eigenvalue weighted by atomic mass is 10.1. The molecule has 1 atom stereocenters. The lowest BCUT2D eigenvalue weighted by molar-refractivity contribution is -0.138. The highest BCUT2D eigenvalue weighted by atomic mass is 32.2. The number of carbonyl (C=O) groups is 5. The van der Waals surface area contributed by atoms with E-state index in [9.17, 15) is 24.0 Å². The van der Waals surface area contributed by atoms with Crippen LogP contribution in [0, 0.1) is 5.92 Å². The highest BCUT2D eigenvalue weighted by Crippen LogP contribution is 2.23. The third kappa shape index (κ3) is 14.3. The van der Waals surface area contributed by atoms with Crippen molar-refractivity contribution in [3.8, 4) is 0 Å². The number of hydrogen-bond donors (Lipinski definition) is 3. The van der Waals surface area contributed by atoms with Gasteiger partial charge in [-0.05, 0) is 45.8 Å². The number of ether oxygens (including phenoxy) is 1. The number of amides is 4. The molecule has 11 heteroatoms. The summed E-state index contributed by atoms with van der Waals surface area (Å²) in [7, 11) is 0. The summed E-state index contributed by atoms with van der Waals surface area (Å²) in [6.07, 6.45) is 3.79. The number of Topliss-reactive ketones (excluding diaryl/α,β-unsaturated/α-hetero) is 1. The summed E-state index contributed by atoms with van der Waals surface area (Å²) in [5.74, 6) is -0.330. The zero-order valence-corrected chi connectivity index (χ0v) is 22.1. The molecule has 0 saturated carbocycles. The molecule has 0 aliphatic carbocycles. The molecule has 0 aromatic heterocycles. The standard InChI is InChI=1S/C13H24N2O5.C10H17NO2S/c1-10(17)8-14-12(19)9-15-11(18)4-7-20-13(2,3)5-6-16;1-7(2)4-5-11-9(12)6-8(14-3)10(11)13/h16H,4-9H2,1-3H3,(H,14,19)(H,15,18);7-8H,4-6H2,1-3H3. The van der Waals surface area contributed by atoms with E-state index in [0.29, 0.717) is 25.3 Å². The van der Waals surface area contributed by atoms with Gasteiger partial charge in [0.2, 0.25) is 23.6 Å². The molecule has 34 heavy (non-hydrogen) atoms. The molecular weight excluding hydrogens is 462 g/mol. The van der Waals surface area contributed by atoms with Crippen molar-refractivity contribution in [3.05, 3.63) is 0 Å². The Hall–Kier alpha value is -1.98. The summed E-state index contributed by atoms with van der Waals surface area (Å²) in [4.78, 5) is 57.8. The molecule has 3 N–H and O–H groups in total. The summed E-state index contributed by atoms with van der Waals surface area (Å²) >= 11 is 1.47. The van der Waals surface area contributed by atoms with Gasteiger partial charge >= 0.3 is 0 Å². The molecule has 196 valence electrons. The molecule has 1 rings (SSSR count). The molecule has 0 bridgehead atoms. The fraction of sp³-hybridized carbons (Fsp3) is 0.783. The Labute approximate surface area is 206 Å². The summed E-state index contributed by atoms with van der Waals surface area (Å²) in [6, 6.07) is 0. The third-order valence-electron chi connectivity index (χ3n) is 4.93. The number of imide groups is 1. The quantitative estimate of drug-likeness (QED) is 0.297. The van der Waals surface area contributed by atoms with Gasteiger partial charge in [-0.15, -0.1) is 0 Å². The molecule has 10 nitrogen and oxygen atoms in total. The Balaban J connectivity index is 0.000000679. The van der Waals surface area contributed by atoms with Crippen molar-refractivity contribution < 1.29 is 33.8 Å². The van der Waals surface area contributed by atoms with Gasteiger partial charge in [0.05, 0.1) is 30.5 Å². The fourth-order valence-corrected chi connectivity index (χ4v) is 3.41. The second-order valence-corrected chi connectivity index (χ2v) is 10.1. The maximum atomic E-state index is 11.6. The predicted molar refractivity (Wildman–Crippen MR) is 131 cm³/mol. The van der Waals surface area contributed by atoms with Gasteiger partial charge in [0.25, 0.3) is 0 Å². The molecule has 1 unspecified atom stereocenters. The monoisotopic (exact) mass is 503 g/mol. The van der Waals surface area contributed by atoms with E-state index in [4.69, 9.17) is 9.84 Å². The van der Waals surface area contributed by atoms with E-state index in [-0.39, 0.29) is 61.5 Å². The Kier molecular flexibility index (Phi) is 15.6. The van der Waals surface area contributed by atoms with Crippen molar-refractivity contribution in [3.63, 3.8) is 0 Å². The minimum Gasteiger partial charge on any atom is -0.396 e. The number of ketones is 1. The number of aliphatic hydroxyl groups excluding tert-OH is 1. The highest BCUT2D eigenvalue weighted by molar-refractivity contribution is 8.00. The van der Waals surface area contributed by atoms with E-state index in [1.807, 2.05) is 20.1 Å². The number of hydrogen-bond acceptors (Lipinski definition) is 8. The molecule has 0 aromatic carbocycles. The van der Waals surface area contributed by atoms with Crippen LogP contribution in [0.1, 0.15) is 60.3 Å². The topological polar surface area (TPSA) is 142 Å². The van der Waals surface area contributed by atoms with Gasteiger partial charge in [0.15, 0.2) is 0 Å². The summed E-state index contributed by atoms with van der Waals surface area (Å²) in [5.41, 5.74) is -0.478. The Morgan fingerprint density at radius 2 is 1.79 bits per heavy atom. The number of likely N-dealkylation sites (tertiary alicyclic amines) is 1. The summed E-state index contributed by atoms with van der Waals surface area (Å²) in [6.45, 7) is 9.85. The molecular formula is C23H41N3O7S. The largest absolute Gasteiger partial charge is 0.396 e. The van der Waals surface area contributed by atoms with E-state index in [1.165, 1.54) is 23.6 Å². The second-order valence-electron chi connectivity index (χ2n) is 9.08. The lowest BCUT2D eigenvalue weighted by Gasteiger charge is -2.24. The molecule has 1 fully saturated rings. The van der Waals surface area contributed by atoms with E-state index >= 15 is 0 Å². The summed E-state index contributed by atoms with van der Waals surface area (Å²) < 4.78 is 5.46. The highest BCUT2D eigenvalue weighted by Gasteiger charge is 2.37. The minimum atomic E-state index is -0.478. The Bertz CT molecular complexity index is 698. The summed E-state index contributed by atoms with van der Waals surface area (Å²) in [5, 5.41) is 13.5. The number of nitrogens with zero attached hydrogens (tertiary/aromatic N) is 1. The van der Waals surface area contributed by atoms with Crippen LogP contribution < -0.4 is 10.6 Å². The Morgan fingerprint density at radius 1 is 1.18 bits per heavy atom. The molecule has 1 saturated heterocycles. The van der Waals surface area contributed by atoms with Crippen LogP contribution in [0.15, 0.2) is 0 Å². The predicted octanol–water partition coefficient (Wildman–Crippen LogP) is 0.899. The normalized spacial score (nSPS) is 15.8. The minimum absolute atomic E-state index is 0.00292. The maximum Gasteiger partial charge on any atom is 0.242 e. The van der Waals surface area contributed by atoms with E-state index in [0.717, 1.165) is 6.42 Å². The van der Waals surface area contributed by atoms with Gasteiger partial charge in [0, 0.05) is 26.0 Å². The zero-order chi connectivity index (χ0) is 26.3. The number of thioether (sulfide) groups is 1. The van der Waals surface area contributed by atoms with Crippen molar-refractivity contribution >= 4 is 41.2 Å². The van der Waals surface area contributed by atoms with Crippen LogP contribution in [0.2, 0.25) is 0 Å². The number of carbonyl (C=O) groups excluding carboxylic acids is 5. The van der Waals surface area contributed by atoms with E-state index in [2.05, 4.69) is 24.5 Å². The zero-order valence-electron chi connectivity index (χ0n) is 21.3. The smallest absolute Gasteiger partial charge is 0.242 e. The van der Waals surface area contributed by atoms with Crippen LogP contribution in [-0.2, 0) is 28.7 Å². The van der Waals surface area contributed by atoms with Gasteiger partial charge in [-0.2, -0.15) is 11.8 Å². The van der Waals surface area contributed by atoms with Crippen LogP contribution in [0.4, 0.5) is 0 Å². The van der Waals surface area contributed by atoms with Gasteiger partial charge in [0.1, 0.15) is 5.78 Å². The van der Waals surface area contributed by atoms with Gasteiger partial charge < -0.3 is 20.5 Å². The number of nitrogens with one attached hydrogen (secondary N) is 2. The van der Waals surface area contributed by atoms with E-state index < -0.39 is 11.5 Å². The second kappa shape index (κ2) is 16.6. The SMILES string of the molecule is CC(=O)CNC(=O)CNC(=O)CCOC(C)(C)CCO.CSC1CC(=O)N(CCC(C)C)C1=O. The Morgan fingerprint density at radius 3 is 2.29 bits per heavy atom. The van der Waals surface area contributed by atoms with Gasteiger partial charge in [-0.25, -0.2) is 0 Å². The van der Waals surface area contributed by atoms with Gasteiger partial charge in [-0.3, -0.25) is 28.9 Å². The number of aliphatic hydroxyl groups is 1. The third-order valence-corrected chi connectivity index (χ3v) is 5.87. The molecule has 0 radical (unpaired) electrons. The van der Waals surface area contributed by atoms with Crippen molar-refractivity contribution in [2.24, 2.45) is 5.92 Å². The van der Waals surface area contributed by atoms with Crippen molar-refractivity contribution in [1.29, 1.82) is 0 Å². The molecule has 4 amide bonds. The lowest BCUT2D eigenvalue weighted by Crippen LogP contribution is -2.39. The molecule has 1 heterocycles. The average Bonchev–Trinajstić information content (AvgIpc) is 3.02. The van der Waals surface area contributed by atoms with Crippen molar-refractivity contribution in [2.45, 2.75) is 71.2 Å². The first kappa shape index (κ1) is 32.0. The van der Waals surface area contributed by atoms with Gasteiger partial charge in [-0.1, -0.05) is 13.8 Å². The molecule has 1 aliphatic rings. The molecule has 0 spiro atoms. The molecule has 1 aliphatic heterocycles. The first-order chi connectivity index (χ1) is 15.8. The van der Waals surface area contributed by atoms with E-state index in [1.54, 1.807) is 0 Å². The fourth-order valence-electron chi connectivity index (χ4n) is 2.77. The van der Waals surface area contributed by atoms with Crippen molar-refractivity contribution in [1.82, 2.24) is 15.5 Å². The first-order valence-electron chi connectivity index (χ1n) is 11.5. The average molecular weight is 504 g/mol. The maximum absolute atomic E-state index is 11.6. The van der Waals surface area contributed by atoms with Crippen LogP contribution in [0.5, 0.6) is 0 Å². The van der Waals surface area contributed by atoms with Crippen LogP contribution in [0.25, 0.3) is 0 Å². The van der Waals surface area contributed by atoms with Crippen LogP contribution >= 0.6 is 11.8 Å². The molecule has 0 aromatic rings.